The molecule has 0 spiro atoms. The Morgan fingerprint density at radius 2 is 1.85 bits per heavy atom. The third-order valence-electron chi connectivity index (χ3n) is 1.84. The zero-order valence-electron chi connectivity index (χ0n) is 7.37. The molecule has 4 nitrogen and oxygen atoms in total. The zero-order valence-corrected chi connectivity index (χ0v) is 7.37. The lowest BCUT2D eigenvalue weighted by atomic mass is 10.0. The summed E-state index contributed by atoms with van der Waals surface area (Å²) in [5, 5.41) is 19.1. The number of non-ortho nitro benzene ring substituents is 1. The molecule has 0 aromatic heterocycles. The minimum Gasteiger partial charge on any atom is -0.258 e. The first kappa shape index (κ1) is 9.20. The Labute approximate surface area is 75.6 Å². The lowest BCUT2D eigenvalue weighted by molar-refractivity contribution is -0.385. The van der Waals surface area contributed by atoms with E-state index in [1.54, 1.807) is 13.8 Å². The van der Waals surface area contributed by atoms with Gasteiger partial charge < -0.3 is 0 Å². The molecule has 4 heteroatoms. The van der Waals surface area contributed by atoms with Gasteiger partial charge in [0.25, 0.3) is 5.69 Å². The fraction of sp³-hybridized carbons (Fsp3) is 0.222. The molecule has 0 amide bonds. The molecular formula is C9H8N2O2. The van der Waals surface area contributed by atoms with Crippen LogP contribution in [0, 0.1) is 35.3 Å². The van der Waals surface area contributed by atoms with Gasteiger partial charge in [-0.05, 0) is 25.0 Å². The molecule has 0 aliphatic carbocycles. The number of nitriles is 1. The van der Waals surface area contributed by atoms with E-state index in [1.165, 1.54) is 12.1 Å². The molecule has 0 N–H and O–H groups in total. The number of nitro benzene ring substituents is 1. The van der Waals surface area contributed by atoms with Gasteiger partial charge in [-0.3, -0.25) is 10.1 Å². The zero-order chi connectivity index (χ0) is 10.0. The van der Waals surface area contributed by atoms with Crippen molar-refractivity contribution in [1.29, 1.82) is 5.26 Å². The van der Waals surface area contributed by atoms with E-state index in [1.807, 2.05) is 6.07 Å². The summed E-state index contributed by atoms with van der Waals surface area (Å²) < 4.78 is 0. The van der Waals surface area contributed by atoms with Gasteiger partial charge in [0, 0.05) is 12.1 Å². The highest BCUT2D eigenvalue weighted by atomic mass is 16.6. The van der Waals surface area contributed by atoms with E-state index in [2.05, 4.69) is 0 Å². The van der Waals surface area contributed by atoms with Gasteiger partial charge >= 0.3 is 0 Å². The van der Waals surface area contributed by atoms with Crippen LogP contribution in [0.5, 0.6) is 0 Å². The van der Waals surface area contributed by atoms with Crippen LogP contribution >= 0.6 is 0 Å². The van der Waals surface area contributed by atoms with E-state index < -0.39 is 4.92 Å². The molecule has 0 radical (unpaired) electrons. The third kappa shape index (κ3) is 1.64. The van der Waals surface area contributed by atoms with Crippen molar-refractivity contribution < 1.29 is 4.92 Å². The Balaban J connectivity index is 3.39. The second kappa shape index (κ2) is 3.23. The first-order chi connectivity index (χ1) is 6.06. The largest absolute Gasteiger partial charge is 0.270 e. The lowest BCUT2D eigenvalue weighted by Crippen LogP contribution is -1.93. The minimum atomic E-state index is -0.457. The standard InChI is InChI=1S/C9H8N2O2/c1-6-3-8(11(12)13)4-7(2)9(6)5-10/h3-4H,1-2H3. The number of nitro groups is 1. The third-order valence-corrected chi connectivity index (χ3v) is 1.84. The second-order valence-electron chi connectivity index (χ2n) is 2.82. The molecule has 0 atom stereocenters. The minimum absolute atomic E-state index is 0.0361. The molecule has 0 saturated carbocycles. The SMILES string of the molecule is Cc1cc([N+](=O)[O-])cc(C)c1C#N. The topological polar surface area (TPSA) is 66.9 Å². The summed E-state index contributed by atoms with van der Waals surface area (Å²) in [6, 6.07) is 4.82. The van der Waals surface area contributed by atoms with Gasteiger partial charge in [-0.2, -0.15) is 5.26 Å². The monoisotopic (exact) mass is 176 g/mol. The number of benzene rings is 1. The molecule has 0 saturated heterocycles. The average molecular weight is 176 g/mol. The van der Waals surface area contributed by atoms with Crippen molar-refractivity contribution in [1.82, 2.24) is 0 Å². The van der Waals surface area contributed by atoms with Crippen LogP contribution in [0.2, 0.25) is 0 Å². The first-order valence-corrected chi connectivity index (χ1v) is 3.72. The Morgan fingerprint density at radius 3 is 2.15 bits per heavy atom. The van der Waals surface area contributed by atoms with Crippen LogP contribution in [0.1, 0.15) is 16.7 Å². The summed E-state index contributed by atoms with van der Waals surface area (Å²) >= 11 is 0. The van der Waals surface area contributed by atoms with Gasteiger partial charge in [0.1, 0.15) is 0 Å². The highest BCUT2D eigenvalue weighted by molar-refractivity contribution is 5.50. The molecule has 0 heterocycles. The molecule has 0 fully saturated rings. The maximum Gasteiger partial charge on any atom is 0.270 e. The Kier molecular flexibility index (Phi) is 2.29. The van der Waals surface area contributed by atoms with Crippen molar-refractivity contribution in [3.63, 3.8) is 0 Å². The van der Waals surface area contributed by atoms with Crippen molar-refractivity contribution >= 4 is 5.69 Å². The van der Waals surface area contributed by atoms with Crippen LogP contribution < -0.4 is 0 Å². The quantitative estimate of drug-likeness (QED) is 0.486. The average Bonchev–Trinajstić information content (AvgIpc) is 2.03. The van der Waals surface area contributed by atoms with Crippen LogP contribution in [0.25, 0.3) is 0 Å². The molecule has 66 valence electrons. The van der Waals surface area contributed by atoms with E-state index in [4.69, 9.17) is 5.26 Å². The Bertz CT molecular complexity index is 382. The molecule has 0 aliphatic rings. The lowest BCUT2D eigenvalue weighted by Gasteiger charge is -2.00. The number of aryl methyl sites for hydroxylation is 2. The molecule has 0 bridgehead atoms. The maximum atomic E-state index is 10.4. The summed E-state index contributed by atoms with van der Waals surface area (Å²) in [6.45, 7) is 3.39. The van der Waals surface area contributed by atoms with E-state index in [0.29, 0.717) is 16.7 Å². The number of hydrogen-bond donors (Lipinski definition) is 0. The van der Waals surface area contributed by atoms with Gasteiger partial charge in [-0.25, -0.2) is 0 Å². The van der Waals surface area contributed by atoms with Gasteiger partial charge in [0.05, 0.1) is 16.6 Å². The molecule has 1 rings (SSSR count). The fourth-order valence-electron chi connectivity index (χ4n) is 1.22. The van der Waals surface area contributed by atoms with Crippen molar-refractivity contribution in [3.05, 3.63) is 38.9 Å². The molecule has 0 unspecified atom stereocenters. The fourth-order valence-corrected chi connectivity index (χ4v) is 1.22. The Hall–Kier alpha value is -1.89. The number of nitrogens with zero attached hydrogens (tertiary/aromatic N) is 2. The summed E-state index contributed by atoms with van der Waals surface area (Å²) in [7, 11) is 0. The highest BCUT2D eigenvalue weighted by Gasteiger charge is 2.10. The highest BCUT2D eigenvalue weighted by Crippen LogP contribution is 2.20. The van der Waals surface area contributed by atoms with Crippen molar-refractivity contribution in [3.8, 4) is 6.07 Å². The van der Waals surface area contributed by atoms with E-state index in [0.717, 1.165) is 0 Å². The van der Waals surface area contributed by atoms with Gasteiger partial charge in [-0.1, -0.05) is 0 Å². The van der Waals surface area contributed by atoms with E-state index in [9.17, 15) is 10.1 Å². The van der Waals surface area contributed by atoms with Crippen LogP contribution in [0.15, 0.2) is 12.1 Å². The summed E-state index contributed by atoms with van der Waals surface area (Å²) in [5.74, 6) is 0. The molecule has 1 aromatic carbocycles. The summed E-state index contributed by atoms with van der Waals surface area (Å²) in [4.78, 5) is 9.97. The van der Waals surface area contributed by atoms with E-state index >= 15 is 0 Å². The predicted molar refractivity (Wildman–Crippen MR) is 47.3 cm³/mol. The van der Waals surface area contributed by atoms with Crippen LogP contribution in [0.4, 0.5) is 5.69 Å². The van der Waals surface area contributed by atoms with Crippen molar-refractivity contribution in [2.45, 2.75) is 13.8 Å². The molecule has 1 aromatic rings. The van der Waals surface area contributed by atoms with Crippen molar-refractivity contribution in [2.24, 2.45) is 0 Å². The van der Waals surface area contributed by atoms with E-state index in [-0.39, 0.29) is 5.69 Å². The van der Waals surface area contributed by atoms with Gasteiger partial charge in [0.2, 0.25) is 0 Å². The van der Waals surface area contributed by atoms with Crippen LogP contribution in [-0.2, 0) is 0 Å². The summed E-state index contributed by atoms with van der Waals surface area (Å²) in [6.07, 6.45) is 0. The van der Waals surface area contributed by atoms with Gasteiger partial charge in [0.15, 0.2) is 0 Å². The number of hydrogen-bond acceptors (Lipinski definition) is 3. The smallest absolute Gasteiger partial charge is 0.258 e. The number of rotatable bonds is 1. The maximum absolute atomic E-state index is 10.4. The Morgan fingerprint density at radius 1 is 1.38 bits per heavy atom. The second-order valence-corrected chi connectivity index (χ2v) is 2.82. The summed E-state index contributed by atoms with van der Waals surface area (Å²) in [5.41, 5.74) is 1.85. The van der Waals surface area contributed by atoms with Crippen molar-refractivity contribution in [2.75, 3.05) is 0 Å². The van der Waals surface area contributed by atoms with Gasteiger partial charge in [-0.15, -0.1) is 0 Å². The first-order valence-electron chi connectivity index (χ1n) is 3.72. The predicted octanol–water partition coefficient (Wildman–Crippen LogP) is 2.08. The van der Waals surface area contributed by atoms with Crippen LogP contribution in [0.3, 0.4) is 0 Å². The molecule has 13 heavy (non-hydrogen) atoms. The van der Waals surface area contributed by atoms with Crippen LogP contribution in [-0.4, -0.2) is 4.92 Å². The molecular weight excluding hydrogens is 168 g/mol. The molecule has 0 aliphatic heterocycles. The normalized spacial score (nSPS) is 9.31.